The largest absolute Gasteiger partial charge is 0.241 e. The maximum Gasteiger partial charge on any atom is 0.241 e. The minimum absolute atomic E-state index is 0.204. The summed E-state index contributed by atoms with van der Waals surface area (Å²) in [6.45, 7) is 5.38. The zero-order valence-corrected chi connectivity index (χ0v) is 15.7. The van der Waals surface area contributed by atoms with Gasteiger partial charge in [-0.2, -0.15) is 0 Å². The highest BCUT2D eigenvalue weighted by Gasteiger charge is 2.20. The molecule has 24 heavy (non-hydrogen) atoms. The van der Waals surface area contributed by atoms with Crippen molar-refractivity contribution in [2.45, 2.75) is 36.6 Å². The summed E-state index contributed by atoms with van der Waals surface area (Å²) in [5.41, 5.74) is 2.37. The van der Waals surface area contributed by atoms with Crippen LogP contribution in [0.3, 0.4) is 0 Å². The van der Waals surface area contributed by atoms with E-state index < -0.39 is 25.9 Å². The average molecular weight is 367 g/mol. The molecule has 1 atom stereocenters. The van der Waals surface area contributed by atoms with Crippen LogP contribution < -0.4 is 4.72 Å². The van der Waals surface area contributed by atoms with Crippen molar-refractivity contribution in [2.75, 3.05) is 6.26 Å². The molecule has 0 saturated carbocycles. The molecule has 0 radical (unpaired) electrons. The Kier molecular flexibility index (Phi) is 5.17. The lowest BCUT2D eigenvalue weighted by atomic mass is 10.1. The molecular formula is C17H21NO4S2. The molecule has 0 aliphatic carbocycles. The summed E-state index contributed by atoms with van der Waals surface area (Å²) in [7, 11) is -6.93. The molecule has 7 heteroatoms. The number of hydrogen-bond acceptors (Lipinski definition) is 4. The van der Waals surface area contributed by atoms with Gasteiger partial charge in [0.05, 0.1) is 9.79 Å². The summed E-state index contributed by atoms with van der Waals surface area (Å²) >= 11 is 0. The highest BCUT2D eigenvalue weighted by Crippen LogP contribution is 2.21. The molecule has 0 saturated heterocycles. The van der Waals surface area contributed by atoms with Gasteiger partial charge < -0.3 is 0 Å². The molecule has 0 spiro atoms. The van der Waals surface area contributed by atoms with Crippen molar-refractivity contribution in [2.24, 2.45) is 0 Å². The van der Waals surface area contributed by atoms with Gasteiger partial charge >= 0.3 is 0 Å². The lowest BCUT2D eigenvalue weighted by Gasteiger charge is -2.16. The van der Waals surface area contributed by atoms with Gasteiger partial charge in [0.15, 0.2) is 9.84 Å². The molecule has 130 valence electrons. The Morgan fingerprint density at radius 3 is 2.00 bits per heavy atom. The van der Waals surface area contributed by atoms with Gasteiger partial charge in [0, 0.05) is 12.3 Å². The summed E-state index contributed by atoms with van der Waals surface area (Å²) in [6, 6.07) is 10.9. The predicted molar refractivity (Wildman–Crippen MR) is 94.2 cm³/mol. The van der Waals surface area contributed by atoms with Crippen LogP contribution in [-0.4, -0.2) is 23.1 Å². The standard InChI is InChI=1S/C17H21NO4S2/c1-12-5-10-17(13(2)11-12)24(21,22)18-14(3)15-6-8-16(9-7-15)23(4,19)20/h5-11,14,18H,1-4H3. The van der Waals surface area contributed by atoms with Crippen molar-refractivity contribution in [3.05, 3.63) is 59.2 Å². The fraction of sp³-hybridized carbons (Fsp3) is 0.294. The summed E-state index contributed by atoms with van der Waals surface area (Å²) < 4.78 is 50.7. The van der Waals surface area contributed by atoms with E-state index in [1.807, 2.05) is 13.0 Å². The van der Waals surface area contributed by atoms with Crippen molar-refractivity contribution < 1.29 is 16.8 Å². The third kappa shape index (κ3) is 4.23. The Bertz CT molecular complexity index is 947. The fourth-order valence-electron chi connectivity index (χ4n) is 2.47. The highest BCUT2D eigenvalue weighted by atomic mass is 32.2. The Hall–Kier alpha value is -1.70. The number of aryl methyl sites for hydroxylation is 2. The predicted octanol–water partition coefficient (Wildman–Crippen LogP) is 2.75. The van der Waals surface area contributed by atoms with Gasteiger partial charge in [-0.1, -0.05) is 29.8 Å². The quantitative estimate of drug-likeness (QED) is 0.881. The highest BCUT2D eigenvalue weighted by molar-refractivity contribution is 7.90. The van der Waals surface area contributed by atoms with Gasteiger partial charge in [0.1, 0.15) is 0 Å². The van der Waals surface area contributed by atoms with Crippen molar-refractivity contribution in [1.29, 1.82) is 0 Å². The van der Waals surface area contributed by atoms with E-state index in [1.165, 1.54) is 12.1 Å². The zero-order chi connectivity index (χ0) is 18.1. The van der Waals surface area contributed by atoms with Crippen LogP contribution in [0, 0.1) is 13.8 Å². The smallest absolute Gasteiger partial charge is 0.224 e. The SMILES string of the molecule is Cc1ccc(S(=O)(=O)NC(C)c2ccc(S(C)(=O)=O)cc2)c(C)c1. The normalized spacial score (nSPS) is 13.7. The van der Waals surface area contributed by atoms with Crippen LogP contribution in [0.1, 0.15) is 29.7 Å². The molecule has 0 aliphatic heterocycles. The summed E-state index contributed by atoms with van der Waals surface area (Å²) in [5.74, 6) is 0. The molecule has 2 aromatic rings. The second-order valence-corrected chi connectivity index (χ2v) is 9.65. The van der Waals surface area contributed by atoms with Gasteiger partial charge in [-0.05, 0) is 50.1 Å². The second kappa shape index (κ2) is 6.66. The van der Waals surface area contributed by atoms with Crippen LogP contribution in [0.15, 0.2) is 52.3 Å². The van der Waals surface area contributed by atoms with E-state index in [9.17, 15) is 16.8 Å². The first-order valence-electron chi connectivity index (χ1n) is 7.40. The average Bonchev–Trinajstić information content (AvgIpc) is 2.45. The van der Waals surface area contributed by atoms with E-state index >= 15 is 0 Å². The minimum atomic E-state index is -3.66. The van der Waals surface area contributed by atoms with Crippen LogP contribution in [-0.2, 0) is 19.9 Å². The molecule has 0 aromatic heterocycles. The van der Waals surface area contributed by atoms with Gasteiger partial charge in [0.2, 0.25) is 10.0 Å². The molecule has 2 aromatic carbocycles. The molecule has 2 rings (SSSR count). The van der Waals surface area contributed by atoms with Crippen LogP contribution in [0.2, 0.25) is 0 Å². The summed E-state index contributed by atoms with van der Waals surface area (Å²) in [5, 5.41) is 0. The molecule has 1 N–H and O–H groups in total. The Morgan fingerprint density at radius 1 is 0.917 bits per heavy atom. The van der Waals surface area contributed by atoms with E-state index in [1.54, 1.807) is 38.1 Å². The monoisotopic (exact) mass is 367 g/mol. The van der Waals surface area contributed by atoms with E-state index in [0.717, 1.165) is 11.8 Å². The van der Waals surface area contributed by atoms with Gasteiger partial charge in [-0.3, -0.25) is 0 Å². The molecular weight excluding hydrogens is 346 g/mol. The minimum Gasteiger partial charge on any atom is -0.224 e. The van der Waals surface area contributed by atoms with Crippen LogP contribution >= 0.6 is 0 Å². The third-order valence-electron chi connectivity index (χ3n) is 3.76. The first-order chi connectivity index (χ1) is 11.0. The lowest BCUT2D eigenvalue weighted by Crippen LogP contribution is -2.27. The topological polar surface area (TPSA) is 80.3 Å². The molecule has 0 fully saturated rings. The maximum atomic E-state index is 12.6. The Balaban J connectivity index is 2.26. The molecule has 5 nitrogen and oxygen atoms in total. The molecule has 0 amide bonds. The number of hydrogen-bond donors (Lipinski definition) is 1. The first kappa shape index (κ1) is 18.6. The first-order valence-corrected chi connectivity index (χ1v) is 10.8. The number of rotatable bonds is 5. The number of sulfonamides is 1. The van der Waals surface area contributed by atoms with Gasteiger partial charge in [0.25, 0.3) is 0 Å². The Morgan fingerprint density at radius 2 is 1.50 bits per heavy atom. The third-order valence-corrected chi connectivity index (χ3v) is 6.59. The van der Waals surface area contributed by atoms with Crippen LogP contribution in [0.25, 0.3) is 0 Å². The van der Waals surface area contributed by atoms with Gasteiger partial charge in [-0.25, -0.2) is 21.6 Å². The van der Waals surface area contributed by atoms with Crippen LogP contribution in [0.4, 0.5) is 0 Å². The van der Waals surface area contributed by atoms with Crippen LogP contribution in [0.5, 0.6) is 0 Å². The number of benzene rings is 2. The fourth-order valence-corrected chi connectivity index (χ4v) is 4.56. The summed E-state index contributed by atoms with van der Waals surface area (Å²) in [4.78, 5) is 0.448. The molecule has 0 bridgehead atoms. The maximum absolute atomic E-state index is 12.6. The van der Waals surface area contributed by atoms with E-state index in [4.69, 9.17) is 0 Å². The van der Waals surface area contributed by atoms with E-state index in [2.05, 4.69) is 4.72 Å². The van der Waals surface area contributed by atoms with E-state index in [-0.39, 0.29) is 9.79 Å². The van der Waals surface area contributed by atoms with Crippen molar-refractivity contribution >= 4 is 19.9 Å². The Labute approximate surface area is 143 Å². The van der Waals surface area contributed by atoms with Crippen molar-refractivity contribution in [3.8, 4) is 0 Å². The second-order valence-electron chi connectivity index (χ2n) is 5.95. The molecule has 0 heterocycles. The number of nitrogens with one attached hydrogen (secondary N) is 1. The lowest BCUT2D eigenvalue weighted by molar-refractivity contribution is 0.566. The molecule has 0 aliphatic rings. The molecule has 1 unspecified atom stereocenters. The van der Waals surface area contributed by atoms with Gasteiger partial charge in [-0.15, -0.1) is 0 Å². The number of sulfone groups is 1. The van der Waals surface area contributed by atoms with Crippen molar-refractivity contribution in [1.82, 2.24) is 4.72 Å². The summed E-state index contributed by atoms with van der Waals surface area (Å²) in [6.07, 6.45) is 1.13. The van der Waals surface area contributed by atoms with Crippen molar-refractivity contribution in [3.63, 3.8) is 0 Å². The zero-order valence-electron chi connectivity index (χ0n) is 14.1. The van der Waals surface area contributed by atoms with E-state index in [0.29, 0.717) is 11.1 Å².